The first-order valence-electron chi connectivity index (χ1n) is 5.78. The molecule has 0 fully saturated rings. The smallest absolute Gasteiger partial charge is 0.252 e. The molecule has 0 aliphatic carbocycles. The predicted molar refractivity (Wildman–Crippen MR) is 68.1 cm³/mol. The molecule has 0 saturated heterocycles. The van der Waals surface area contributed by atoms with Gasteiger partial charge in [-0.25, -0.2) is 0 Å². The molecular weight excluding hydrogens is 238 g/mol. The van der Waals surface area contributed by atoms with Gasteiger partial charge in [0, 0.05) is 17.8 Å². The number of aromatic nitrogens is 2. The molecule has 0 spiro atoms. The molecule has 0 aliphatic rings. The fraction of sp³-hybridized carbons (Fsp3) is 0.583. The van der Waals surface area contributed by atoms with E-state index in [4.69, 9.17) is 11.6 Å². The summed E-state index contributed by atoms with van der Waals surface area (Å²) in [6, 6.07) is 1.64. The summed E-state index contributed by atoms with van der Waals surface area (Å²) in [5, 5.41) is 10.2. The zero-order valence-electron chi connectivity index (χ0n) is 10.2. The zero-order chi connectivity index (χ0) is 12.7. The second kappa shape index (κ2) is 6.55. The third-order valence-electron chi connectivity index (χ3n) is 3.25. The summed E-state index contributed by atoms with van der Waals surface area (Å²) in [7, 11) is 0. The van der Waals surface area contributed by atoms with Gasteiger partial charge in [-0.2, -0.15) is 10.2 Å². The lowest BCUT2D eigenvalue weighted by atomic mass is 9.84. The van der Waals surface area contributed by atoms with Crippen molar-refractivity contribution >= 4 is 17.5 Å². The summed E-state index contributed by atoms with van der Waals surface area (Å²) < 4.78 is 0. The van der Waals surface area contributed by atoms with Crippen LogP contribution in [0.3, 0.4) is 0 Å². The van der Waals surface area contributed by atoms with E-state index in [2.05, 4.69) is 29.4 Å². The van der Waals surface area contributed by atoms with Gasteiger partial charge in [-0.1, -0.05) is 13.8 Å². The van der Waals surface area contributed by atoms with Gasteiger partial charge in [0.1, 0.15) is 0 Å². The fourth-order valence-corrected chi connectivity index (χ4v) is 2.00. The van der Waals surface area contributed by atoms with Crippen molar-refractivity contribution in [2.45, 2.75) is 26.7 Å². The molecule has 1 aromatic rings. The van der Waals surface area contributed by atoms with E-state index in [-0.39, 0.29) is 11.3 Å². The average molecular weight is 256 g/mol. The lowest BCUT2D eigenvalue weighted by Gasteiger charge is -2.29. The molecule has 1 N–H and O–H groups in total. The van der Waals surface area contributed by atoms with Crippen molar-refractivity contribution in [2.75, 3.05) is 12.4 Å². The molecular formula is C12H18ClN3O. The van der Waals surface area contributed by atoms with Crippen molar-refractivity contribution in [3.63, 3.8) is 0 Å². The van der Waals surface area contributed by atoms with Crippen LogP contribution in [0, 0.1) is 5.41 Å². The molecule has 5 heteroatoms. The first-order chi connectivity index (χ1) is 8.17. The number of alkyl halides is 1. The zero-order valence-corrected chi connectivity index (χ0v) is 11.0. The van der Waals surface area contributed by atoms with E-state index in [1.165, 1.54) is 12.4 Å². The Morgan fingerprint density at radius 2 is 2.12 bits per heavy atom. The summed E-state index contributed by atoms with van der Waals surface area (Å²) in [4.78, 5) is 11.8. The van der Waals surface area contributed by atoms with Gasteiger partial charge >= 0.3 is 0 Å². The van der Waals surface area contributed by atoms with Gasteiger partial charge in [-0.3, -0.25) is 4.79 Å². The Morgan fingerprint density at radius 1 is 1.41 bits per heavy atom. The van der Waals surface area contributed by atoms with Gasteiger partial charge in [0.15, 0.2) is 0 Å². The number of rotatable bonds is 6. The Morgan fingerprint density at radius 3 is 2.59 bits per heavy atom. The molecule has 94 valence electrons. The second-order valence-corrected chi connectivity index (χ2v) is 4.42. The minimum atomic E-state index is -0.128. The van der Waals surface area contributed by atoms with E-state index < -0.39 is 0 Å². The molecule has 17 heavy (non-hydrogen) atoms. The largest absolute Gasteiger partial charge is 0.351 e. The van der Waals surface area contributed by atoms with Gasteiger partial charge < -0.3 is 5.32 Å². The molecule has 0 atom stereocenters. The fourth-order valence-electron chi connectivity index (χ4n) is 1.53. The molecule has 1 amide bonds. The number of nitrogens with one attached hydrogen (secondary N) is 1. The summed E-state index contributed by atoms with van der Waals surface area (Å²) in [5.74, 6) is 0.422. The topological polar surface area (TPSA) is 54.9 Å². The second-order valence-electron chi connectivity index (χ2n) is 4.15. The molecule has 1 rings (SSSR count). The van der Waals surface area contributed by atoms with Crippen LogP contribution in [-0.4, -0.2) is 28.5 Å². The molecule has 0 unspecified atom stereocenters. The number of carbonyl (C=O) groups is 1. The maximum absolute atomic E-state index is 11.8. The van der Waals surface area contributed by atoms with Crippen LogP contribution in [0.1, 0.15) is 37.0 Å². The predicted octanol–water partition coefficient (Wildman–Crippen LogP) is 2.25. The summed E-state index contributed by atoms with van der Waals surface area (Å²) in [6.45, 7) is 4.77. The van der Waals surface area contributed by atoms with Crippen LogP contribution < -0.4 is 5.32 Å². The van der Waals surface area contributed by atoms with Crippen LogP contribution in [-0.2, 0) is 0 Å². The lowest BCUT2D eigenvalue weighted by molar-refractivity contribution is 0.0931. The number of hydrogen-bond acceptors (Lipinski definition) is 3. The van der Waals surface area contributed by atoms with Crippen molar-refractivity contribution in [1.82, 2.24) is 15.5 Å². The lowest BCUT2D eigenvalue weighted by Crippen LogP contribution is -2.38. The van der Waals surface area contributed by atoms with Gasteiger partial charge in [0.2, 0.25) is 0 Å². The third-order valence-corrected chi connectivity index (χ3v) is 3.82. The van der Waals surface area contributed by atoms with E-state index in [1.54, 1.807) is 6.07 Å². The minimum Gasteiger partial charge on any atom is -0.351 e. The van der Waals surface area contributed by atoms with Crippen molar-refractivity contribution in [2.24, 2.45) is 5.41 Å². The normalized spacial score (nSPS) is 11.2. The highest BCUT2D eigenvalue weighted by Gasteiger charge is 2.25. The number of amides is 1. The Labute approximate surface area is 107 Å². The standard InChI is InChI=1S/C12H18ClN3O/c1-3-12(4-2,8-13)9-14-11(17)10-5-6-15-16-7-10/h5-7H,3-4,8-9H2,1-2H3,(H,14,17). The van der Waals surface area contributed by atoms with Gasteiger partial charge in [-0.05, 0) is 18.9 Å². The Kier molecular flexibility index (Phi) is 5.35. The monoisotopic (exact) mass is 255 g/mol. The Balaban J connectivity index is 2.59. The molecule has 0 radical (unpaired) electrons. The van der Waals surface area contributed by atoms with Gasteiger partial charge in [0.05, 0.1) is 18.0 Å². The van der Waals surface area contributed by atoms with E-state index in [1.807, 2.05) is 0 Å². The van der Waals surface area contributed by atoms with Crippen LogP contribution in [0.5, 0.6) is 0 Å². The van der Waals surface area contributed by atoms with E-state index in [0.29, 0.717) is 18.0 Å². The molecule has 0 aromatic carbocycles. The SMILES string of the molecule is CCC(CC)(CCl)CNC(=O)c1ccnnc1. The maximum Gasteiger partial charge on any atom is 0.252 e. The number of halogens is 1. The number of carbonyl (C=O) groups excluding carboxylic acids is 1. The Bertz CT molecular complexity index is 344. The quantitative estimate of drug-likeness (QED) is 0.794. The minimum absolute atomic E-state index is 0.0162. The van der Waals surface area contributed by atoms with Crippen molar-refractivity contribution < 1.29 is 4.79 Å². The first kappa shape index (κ1) is 13.9. The molecule has 1 heterocycles. The summed E-state index contributed by atoms with van der Waals surface area (Å²) in [5.41, 5.74) is 0.508. The first-order valence-corrected chi connectivity index (χ1v) is 6.31. The average Bonchev–Trinajstić information content (AvgIpc) is 2.41. The third kappa shape index (κ3) is 3.66. The Hall–Kier alpha value is -1.16. The van der Waals surface area contributed by atoms with Crippen LogP contribution in [0.15, 0.2) is 18.5 Å². The van der Waals surface area contributed by atoms with E-state index in [9.17, 15) is 4.79 Å². The van der Waals surface area contributed by atoms with Crippen LogP contribution in [0.2, 0.25) is 0 Å². The molecule has 0 aliphatic heterocycles. The molecule has 1 aromatic heterocycles. The van der Waals surface area contributed by atoms with Crippen LogP contribution in [0.4, 0.5) is 0 Å². The highest BCUT2D eigenvalue weighted by atomic mass is 35.5. The van der Waals surface area contributed by atoms with E-state index in [0.717, 1.165) is 12.8 Å². The van der Waals surface area contributed by atoms with Crippen molar-refractivity contribution in [3.8, 4) is 0 Å². The number of hydrogen-bond donors (Lipinski definition) is 1. The van der Waals surface area contributed by atoms with Crippen molar-refractivity contribution in [3.05, 3.63) is 24.0 Å². The molecule has 0 saturated carbocycles. The number of nitrogens with zero attached hydrogens (tertiary/aromatic N) is 2. The highest BCUT2D eigenvalue weighted by Crippen LogP contribution is 2.26. The summed E-state index contributed by atoms with van der Waals surface area (Å²) >= 11 is 5.98. The van der Waals surface area contributed by atoms with Crippen molar-refractivity contribution in [1.29, 1.82) is 0 Å². The molecule has 0 bridgehead atoms. The molecule has 4 nitrogen and oxygen atoms in total. The maximum atomic E-state index is 11.8. The van der Waals surface area contributed by atoms with Crippen LogP contribution in [0.25, 0.3) is 0 Å². The van der Waals surface area contributed by atoms with Gasteiger partial charge in [-0.15, -0.1) is 11.6 Å². The van der Waals surface area contributed by atoms with Gasteiger partial charge in [0.25, 0.3) is 5.91 Å². The van der Waals surface area contributed by atoms with E-state index >= 15 is 0 Å². The summed E-state index contributed by atoms with van der Waals surface area (Å²) in [6.07, 6.45) is 4.85. The van der Waals surface area contributed by atoms with Crippen LogP contribution >= 0.6 is 11.6 Å². The highest BCUT2D eigenvalue weighted by molar-refractivity contribution is 6.18.